The predicted octanol–water partition coefficient (Wildman–Crippen LogP) is 3.08. The van der Waals surface area contributed by atoms with Crippen molar-refractivity contribution >= 4 is 0 Å². The summed E-state index contributed by atoms with van der Waals surface area (Å²) < 4.78 is 11.3. The molecule has 112 valence electrons. The van der Waals surface area contributed by atoms with E-state index in [9.17, 15) is 0 Å². The molecule has 1 atom stereocenters. The third-order valence-electron chi connectivity index (χ3n) is 4.97. The highest BCUT2D eigenvalue weighted by Gasteiger charge is 2.46. The van der Waals surface area contributed by atoms with Crippen LogP contribution in [-0.2, 0) is 9.47 Å². The average molecular weight is 269 g/mol. The molecule has 0 aromatic rings. The van der Waals surface area contributed by atoms with Crippen molar-refractivity contribution in [1.82, 2.24) is 4.90 Å². The maximum Gasteiger partial charge on any atom is 0.0589 e. The number of methoxy groups -OCH3 is 1. The second-order valence-electron chi connectivity index (χ2n) is 6.60. The summed E-state index contributed by atoms with van der Waals surface area (Å²) in [4.78, 5) is 2.54. The van der Waals surface area contributed by atoms with Gasteiger partial charge < -0.3 is 14.4 Å². The molecule has 3 nitrogen and oxygen atoms in total. The van der Waals surface area contributed by atoms with E-state index >= 15 is 0 Å². The van der Waals surface area contributed by atoms with Gasteiger partial charge in [0, 0.05) is 13.7 Å². The molecule has 2 aliphatic rings. The third-order valence-corrected chi connectivity index (χ3v) is 4.97. The van der Waals surface area contributed by atoms with E-state index in [-0.39, 0.29) is 0 Å². The Hall–Kier alpha value is -0.120. The first kappa shape index (κ1) is 15.3. The first-order chi connectivity index (χ1) is 9.17. The second-order valence-corrected chi connectivity index (χ2v) is 6.60. The van der Waals surface area contributed by atoms with Gasteiger partial charge in [0.15, 0.2) is 0 Å². The quantitative estimate of drug-likeness (QED) is 0.709. The zero-order valence-corrected chi connectivity index (χ0v) is 13.0. The van der Waals surface area contributed by atoms with Crippen molar-refractivity contribution in [2.75, 3.05) is 33.4 Å². The average Bonchev–Trinajstić information content (AvgIpc) is 2.36. The highest BCUT2D eigenvalue weighted by Crippen LogP contribution is 2.50. The van der Waals surface area contributed by atoms with E-state index in [4.69, 9.17) is 9.47 Å². The van der Waals surface area contributed by atoms with E-state index in [2.05, 4.69) is 18.7 Å². The normalized spacial score (nSPS) is 25.4. The maximum absolute atomic E-state index is 6.11. The van der Waals surface area contributed by atoms with Crippen LogP contribution in [0.15, 0.2) is 0 Å². The van der Waals surface area contributed by atoms with Crippen molar-refractivity contribution in [3.05, 3.63) is 0 Å². The number of hydrogen-bond acceptors (Lipinski definition) is 3. The highest BCUT2D eigenvalue weighted by atomic mass is 16.5. The smallest absolute Gasteiger partial charge is 0.0589 e. The molecule has 19 heavy (non-hydrogen) atoms. The predicted molar refractivity (Wildman–Crippen MR) is 78.5 cm³/mol. The summed E-state index contributed by atoms with van der Waals surface area (Å²) in [6, 6.07) is 0. The van der Waals surface area contributed by atoms with Crippen LogP contribution in [0.3, 0.4) is 0 Å². The summed E-state index contributed by atoms with van der Waals surface area (Å²) in [5.74, 6) is 0. The Labute approximate surface area is 118 Å². The zero-order valence-electron chi connectivity index (χ0n) is 13.0. The Morgan fingerprint density at radius 1 is 1.26 bits per heavy atom. The van der Waals surface area contributed by atoms with Crippen LogP contribution in [-0.4, -0.2) is 50.5 Å². The molecule has 2 fully saturated rings. The van der Waals surface area contributed by atoms with Crippen LogP contribution in [0.25, 0.3) is 0 Å². The van der Waals surface area contributed by atoms with Gasteiger partial charge in [-0.1, -0.05) is 13.3 Å². The molecule has 0 amide bonds. The number of likely N-dealkylation sites (tertiary alicyclic amines) is 1. The molecule has 0 aromatic carbocycles. The van der Waals surface area contributed by atoms with Crippen molar-refractivity contribution < 1.29 is 9.47 Å². The van der Waals surface area contributed by atoms with Gasteiger partial charge in [0.25, 0.3) is 0 Å². The SMILES string of the molecule is CCCC(C)OC1CC2(CCN(CCOC)CC2)C1. The number of piperidine rings is 1. The molecule has 1 aliphatic carbocycles. The minimum atomic E-state index is 0.453. The van der Waals surface area contributed by atoms with E-state index in [1.165, 1.54) is 51.6 Å². The van der Waals surface area contributed by atoms with Crippen LogP contribution in [0.5, 0.6) is 0 Å². The molecule has 0 N–H and O–H groups in total. The van der Waals surface area contributed by atoms with Crippen molar-refractivity contribution in [2.45, 2.75) is 64.6 Å². The van der Waals surface area contributed by atoms with Gasteiger partial charge in [-0.25, -0.2) is 0 Å². The lowest BCUT2D eigenvalue weighted by Crippen LogP contribution is -2.50. The summed E-state index contributed by atoms with van der Waals surface area (Å²) in [5, 5.41) is 0. The molecule has 1 saturated carbocycles. The molecule has 1 aliphatic heterocycles. The van der Waals surface area contributed by atoms with E-state index in [1.807, 2.05) is 0 Å². The second kappa shape index (κ2) is 7.05. The molecule has 3 heteroatoms. The molecule has 1 spiro atoms. The van der Waals surface area contributed by atoms with Gasteiger partial charge >= 0.3 is 0 Å². The van der Waals surface area contributed by atoms with Gasteiger partial charge in [-0.15, -0.1) is 0 Å². The van der Waals surface area contributed by atoms with E-state index in [0.29, 0.717) is 17.6 Å². The Morgan fingerprint density at radius 3 is 2.53 bits per heavy atom. The minimum absolute atomic E-state index is 0.453. The van der Waals surface area contributed by atoms with Crippen molar-refractivity contribution in [1.29, 1.82) is 0 Å². The van der Waals surface area contributed by atoms with Gasteiger partial charge in [-0.3, -0.25) is 0 Å². The van der Waals surface area contributed by atoms with Crippen molar-refractivity contribution in [2.24, 2.45) is 5.41 Å². The molecule has 0 radical (unpaired) electrons. The molecule has 0 bridgehead atoms. The summed E-state index contributed by atoms with van der Waals surface area (Å²) >= 11 is 0. The first-order valence-corrected chi connectivity index (χ1v) is 8.04. The molecule has 1 unspecified atom stereocenters. The highest BCUT2D eigenvalue weighted by molar-refractivity contribution is 4.98. The van der Waals surface area contributed by atoms with Crippen LogP contribution in [0.2, 0.25) is 0 Å². The van der Waals surface area contributed by atoms with Crippen LogP contribution in [0, 0.1) is 5.41 Å². The lowest BCUT2D eigenvalue weighted by molar-refractivity contribution is -0.129. The van der Waals surface area contributed by atoms with Gasteiger partial charge in [0.2, 0.25) is 0 Å². The lowest BCUT2D eigenvalue weighted by atomic mass is 9.61. The monoisotopic (exact) mass is 269 g/mol. The van der Waals surface area contributed by atoms with Crippen LogP contribution in [0.4, 0.5) is 0 Å². The number of rotatable bonds is 7. The fourth-order valence-electron chi connectivity index (χ4n) is 3.69. The summed E-state index contributed by atoms with van der Waals surface area (Å²) in [5.41, 5.74) is 0.625. The fraction of sp³-hybridized carbons (Fsp3) is 1.00. The summed E-state index contributed by atoms with van der Waals surface area (Å²) in [7, 11) is 1.79. The molecular weight excluding hydrogens is 238 g/mol. The van der Waals surface area contributed by atoms with Crippen molar-refractivity contribution in [3.8, 4) is 0 Å². The Balaban J connectivity index is 1.63. The molecular formula is C16H31NO2. The minimum Gasteiger partial charge on any atom is -0.383 e. The van der Waals surface area contributed by atoms with Crippen LogP contribution < -0.4 is 0 Å². The maximum atomic E-state index is 6.11. The fourth-order valence-corrected chi connectivity index (χ4v) is 3.69. The molecule has 2 rings (SSSR count). The number of nitrogens with zero attached hydrogens (tertiary/aromatic N) is 1. The van der Waals surface area contributed by atoms with E-state index in [1.54, 1.807) is 7.11 Å². The van der Waals surface area contributed by atoms with Crippen LogP contribution in [0.1, 0.15) is 52.4 Å². The van der Waals surface area contributed by atoms with Gasteiger partial charge in [-0.05, 0) is 57.5 Å². The molecule has 1 saturated heterocycles. The largest absolute Gasteiger partial charge is 0.383 e. The van der Waals surface area contributed by atoms with Crippen molar-refractivity contribution in [3.63, 3.8) is 0 Å². The Kier molecular flexibility index (Phi) is 5.67. The third kappa shape index (κ3) is 4.17. The molecule has 1 heterocycles. The molecule has 0 aromatic heterocycles. The number of hydrogen-bond donors (Lipinski definition) is 0. The van der Waals surface area contributed by atoms with E-state index < -0.39 is 0 Å². The summed E-state index contributed by atoms with van der Waals surface area (Å²) in [6.45, 7) is 8.92. The topological polar surface area (TPSA) is 21.7 Å². The summed E-state index contributed by atoms with van der Waals surface area (Å²) in [6.07, 6.45) is 8.76. The Bertz CT molecular complexity index is 253. The standard InChI is InChI=1S/C16H31NO2/c1-4-5-14(2)19-15-12-16(13-15)6-8-17(9-7-16)10-11-18-3/h14-15H,4-13H2,1-3H3. The van der Waals surface area contributed by atoms with Gasteiger partial charge in [0.1, 0.15) is 0 Å². The lowest BCUT2D eigenvalue weighted by Gasteiger charge is -2.52. The van der Waals surface area contributed by atoms with E-state index in [0.717, 1.165) is 13.2 Å². The Morgan fingerprint density at radius 2 is 1.95 bits per heavy atom. The van der Waals surface area contributed by atoms with Gasteiger partial charge in [-0.2, -0.15) is 0 Å². The first-order valence-electron chi connectivity index (χ1n) is 8.04. The van der Waals surface area contributed by atoms with Gasteiger partial charge in [0.05, 0.1) is 18.8 Å². The van der Waals surface area contributed by atoms with Crippen LogP contribution >= 0.6 is 0 Å². The number of ether oxygens (including phenoxy) is 2. The zero-order chi connectivity index (χ0) is 13.7.